The van der Waals surface area contributed by atoms with E-state index in [0.29, 0.717) is 0 Å². The van der Waals surface area contributed by atoms with Gasteiger partial charge in [-0.3, -0.25) is 0 Å². The number of aryl methyl sites for hydroxylation is 2. The summed E-state index contributed by atoms with van der Waals surface area (Å²) in [5, 5.41) is 2.64. The quantitative estimate of drug-likeness (QED) is 0.188. The number of nitrogens with zero attached hydrogens (tertiary/aromatic N) is 2. The van der Waals surface area contributed by atoms with Gasteiger partial charge in [-0.25, -0.2) is 4.57 Å². The van der Waals surface area contributed by atoms with Gasteiger partial charge in [-0.1, -0.05) is 75.7 Å². The van der Waals surface area contributed by atoms with E-state index in [1.165, 1.54) is 68.4 Å². The maximum atomic E-state index is 2.44. The van der Waals surface area contributed by atoms with Crippen LogP contribution in [0.25, 0.3) is 45.1 Å². The van der Waals surface area contributed by atoms with Crippen molar-refractivity contribution in [1.29, 1.82) is 0 Å². The van der Waals surface area contributed by atoms with Gasteiger partial charge in [-0.15, -0.1) is 0 Å². The van der Waals surface area contributed by atoms with Crippen LogP contribution in [0.5, 0.6) is 0 Å². The first-order valence-electron chi connectivity index (χ1n) is 14.9. The van der Waals surface area contributed by atoms with Gasteiger partial charge in [-0.05, 0) is 72.0 Å². The van der Waals surface area contributed by atoms with Gasteiger partial charge in [0.2, 0.25) is 11.4 Å². The van der Waals surface area contributed by atoms with Crippen molar-refractivity contribution >= 4 is 22.5 Å². The Balaban J connectivity index is 1.68. The van der Waals surface area contributed by atoms with E-state index in [0.717, 1.165) is 19.3 Å². The van der Waals surface area contributed by atoms with Crippen LogP contribution in [0.2, 0.25) is 0 Å². The molecular formula is C38H40N2+2. The zero-order valence-corrected chi connectivity index (χ0v) is 24.3. The fourth-order valence-electron chi connectivity index (χ4n) is 6.87. The van der Waals surface area contributed by atoms with Gasteiger partial charge in [0.25, 0.3) is 0 Å². The molecule has 0 bridgehead atoms. The highest BCUT2D eigenvalue weighted by molar-refractivity contribution is 5.98. The third-order valence-corrected chi connectivity index (χ3v) is 9.10. The van der Waals surface area contributed by atoms with E-state index in [-0.39, 0.29) is 5.41 Å². The molecule has 0 N–H and O–H groups in total. The summed E-state index contributed by atoms with van der Waals surface area (Å²) >= 11 is 0. The van der Waals surface area contributed by atoms with Crippen LogP contribution in [0.3, 0.4) is 0 Å². The van der Waals surface area contributed by atoms with E-state index in [2.05, 4.69) is 147 Å². The van der Waals surface area contributed by atoms with E-state index in [1.54, 1.807) is 0 Å². The summed E-state index contributed by atoms with van der Waals surface area (Å²) < 4.78 is 4.63. The SMILES string of the molecule is CCCCc1ccc2c3[n+](ccc2c1)C=C(c1ccccc1-c1cccc[n+]1C)C(CC)(CC)c1ccccc1-3. The molecule has 0 radical (unpaired) electrons. The maximum Gasteiger partial charge on any atom is 0.226 e. The standard InChI is InChI=1S/C38H40N2/c1-5-8-15-28-21-22-30-29(26-28)23-25-40-27-35(31-16-9-10-17-32(31)36-20-13-14-24-39(36)4)38(6-2,7-3)34-19-12-11-18-33(34)37(30)40/h9-14,16-27H,5-8,15H2,1-4H3/q+2. The zero-order valence-electron chi connectivity index (χ0n) is 24.3. The van der Waals surface area contributed by atoms with Crippen LogP contribution in [0.1, 0.15) is 63.1 Å². The zero-order chi connectivity index (χ0) is 27.7. The lowest BCUT2D eigenvalue weighted by Gasteiger charge is -2.35. The molecular weight excluding hydrogens is 484 g/mol. The van der Waals surface area contributed by atoms with Crippen LogP contribution in [-0.2, 0) is 18.9 Å². The van der Waals surface area contributed by atoms with Crippen molar-refractivity contribution in [3.63, 3.8) is 0 Å². The van der Waals surface area contributed by atoms with Gasteiger partial charge in [0.05, 0.1) is 16.5 Å². The number of unbranched alkanes of at least 4 members (excludes halogenated alkanes) is 1. The second kappa shape index (κ2) is 10.8. The Hall–Kier alpha value is -4.04. The lowest BCUT2D eigenvalue weighted by Crippen LogP contribution is -2.32. The molecule has 1 aliphatic rings. The number of pyridine rings is 2. The molecule has 0 atom stereocenters. The van der Waals surface area contributed by atoms with Crippen molar-refractivity contribution < 1.29 is 9.13 Å². The summed E-state index contributed by atoms with van der Waals surface area (Å²) in [6.07, 6.45) is 12.5. The molecule has 200 valence electrons. The Labute approximate surface area is 239 Å². The predicted molar refractivity (Wildman–Crippen MR) is 168 cm³/mol. The molecule has 3 heterocycles. The Morgan fingerprint density at radius 3 is 2.17 bits per heavy atom. The van der Waals surface area contributed by atoms with Crippen molar-refractivity contribution in [2.24, 2.45) is 7.05 Å². The number of hydrogen-bond donors (Lipinski definition) is 0. The van der Waals surface area contributed by atoms with Crippen molar-refractivity contribution in [1.82, 2.24) is 0 Å². The topological polar surface area (TPSA) is 7.76 Å². The Morgan fingerprint density at radius 2 is 1.43 bits per heavy atom. The lowest BCUT2D eigenvalue weighted by atomic mass is 9.66. The van der Waals surface area contributed by atoms with E-state index in [4.69, 9.17) is 0 Å². The summed E-state index contributed by atoms with van der Waals surface area (Å²) in [6, 6.07) is 34.0. The van der Waals surface area contributed by atoms with Gasteiger partial charge in [0.1, 0.15) is 7.05 Å². The van der Waals surface area contributed by atoms with Crippen molar-refractivity contribution in [3.05, 3.63) is 120 Å². The minimum absolute atomic E-state index is 0.126. The highest BCUT2D eigenvalue weighted by Crippen LogP contribution is 2.50. The first-order valence-corrected chi connectivity index (χ1v) is 14.9. The smallest absolute Gasteiger partial charge is 0.201 e. The average Bonchev–Trinajstić information content (AvgIpc) is 3.13. The predicted octanol–water partition coefficient (Wildman–Crippen LogP) is 8.70. The van der Waals surface area contributed by atoms with Gasteiger partial charge >= 0.3 is 0 Å². The molecule has 1 aliphatic heterocycles. The summed E-state index contributed by atoms with van der Waals surface area (Å²) in [4.78, 5) is 0. The van der Waals surface area contributed by atoms with Crippen LogP contribution in [0, 0.1) is 0 Å². The lowest BCUT2D eigenvalue weighted by molar-refractivity contribution is -0.660. The van der Waals surface area contributed by atoms with E-state index < -0.39 is 0 Å². The van der Waals surface area contributed by atoms with Crippen molar-refractivity contribution in [2.75, 3.05) is 0 Å². The van der Waals surface area contributed by atoms with E-state index >= 15 is 0 Å². The minimum Gasteiger partial charge on any atom is -0.201 e. The average molecular weight is 525 g/mol. The second-order valence-electron chi connectivity index (χ2n) is 11.2. The fraction of sp³-hybridized carbons (Fsp3) is 0.263. The molecule has 6 rings (SSSR count). The van der Waals surface area contributed by atoms with Crippen molar-refractivity contribution in [2.45, 2.75) is 58.3 Å². The fourth-order valence-corrected chi connectivity index (χ4v) is 6.87. The molecule has 0 aliphatic carbocycles. The number of aromatic nitrogens is 2. The number of fused-ring (bicyclic) bond motifs is 5. The van der Waals surface area contributed by atoms with Crippen molar-refractivity contribution in [3.8, 4) is 22.5 Å². The Morgan fingerprint density at radius 1 is 0.700 bits per heavy atom. The van der Waals surface area contributed by atoms with Crippen LogP contribution >= 0.6 is 0 Å². The molecule has 2 aromatic heterocycles. The van der Waals surface area contributed by atoms with Crippen LogP contribution in [0.15, 0.2) is 103 Å². The first kappa shape index (κ1) is 26.2. The molecule has 3 aromatic carbocycles. The monoisotopic (exact) mass is 524 g/mol. The largest absolute Gasteiger partial charge is 0.226 e. The number of hydrogen-bond acceptors (Lipinski definition) is 0. The van der Waals surface area contributed by atoms with Crippen LogP contribution in [0.4, 0.5) is 0 Å². The molecule has 0 spiro atoms. The molecule has 2 heteroatoms. The minimum atomic E-state index is -0.126. The van der Waals surface area contributed by atoms with E-state index in [9.17, 15) is 0 Å². The molecule has 0 fully saturated rings. The molecule has 40 heavy (non-hydrogen) atoms. The third-order valence-electron chi connectivity index (χ3n) is 9.10. The third kappa shape index (κ3) is 4.27. The highest BCUT2D eigenvalue weighted by atomic mass is 15.0. The summed E-state index contributed by atoms with van der Waals surface area (Å²) in [7, 11) is 2.14. The Kier molecular flexibility index (Phi) is 7.11. The van der Waals surface area contributed by atoms with Gasteiger partial charge in [0.15, 0.2) is 18.6 Å². The number of benzene rings is 3. The van der Waals surface area contributed by atoms with Gasteiger partial charge < -0.3 is 0 Å². The normalized spacial score (nSPS) is 13.8. The number of rotatable bonds is 7. The summed E-state index contributed by atoms with van der Waals surface area (Å²) in [6.45, 7) is 6.98. The van der Waals surface area contributed by atoms with Crippen LogP contribution < -0.4 is 9.13 Å². The molecule has 0 unspecified atom stereocenters. The first-order chi connectivity index (χ1) is 19.6. The molecule has 0 saturated carbocycles. The second-order valence-corrected chi connectivity index (χ2v) is 11.2. The maximum absolute atomic E-state index is 2.44. The van der Waals surface area contributed by atoms with Gasteiger partial charge in [0, 0.05) is 29.2 Å². The van der Waals surface area contributed by atoms with Crippen LogP contribution in [-0.4, -0.2) is 0 Å². The Bertz CT molecular complexity index is 1720. The number of allylic oxidation sites excluding steroid dienone is 1. The summed E-state index contributed by atoms with van der Waals surface area (Å²) in [5.41, 5.74) is 10.5. The molecule has 0 saturated heterocycles. The molecule has 0 amide bonds. The van der Waals surface area contributed by atoms with Gasteiger partial charge in [-0.2, -0.15) is 4.57 Å². The molecule has 5 aromatic rings. The summed E-state index contributed by atoms with van der Waals surface area (Å²) in [5.74, 6) is 0. The van der Waals surface area contributed by atoms with E-state index in [1.807, 2.05) is 0 Å². The molecule has 2 nitrogen and oxygen atoms in total. The highest BCUT2D eigenvalue weighted by Gasteiger charge is 2.42.